The first kappa shape index (κ1) is 11.1. The second-order valence-corrected chi connectivity index (χ2v) is 5.26. The first-order valence-corrected chi connectivity index (χ1v) is 6.58. The first-order valence-electron chi connectivity index (χ1n) is 6.21. The molecule has 1 aromatic heterocycles. The molecule has 0 bridgehead atoms. The first-order chi connectivity index (χ1) is 8.25. The van der Waals surface area contributed by atoms with E-state index in [1.807, 2.05) is 12.1 Å². The highest BCUT2D eigenvalue weighted by molar-refractivity contribution is 6.35. The van der Waals surface area contributed by atoms with Crippen molar-refractivity contribution < 1.29 is 0 Å². The lowest BCUT2D eigenvalue weighted by molar-refractivity contribution is 0.324. The van der Waals surface area contributed by atoms with Crippen molar-refractivity contribution >= 4 is 22.5 Å². The fourth-order valence-electron chi connectivity index (χ4n) is 2.70. The maximum Gasteiger partial charge on any atom is 0.0499 e. The van der Waals surface area contributed by atoms with Crippen LogP contribution in [0.15, 0.2) is 24.3 Å². The summed E-state index contributed by atoms with van der Waals surface area (Å²) < 4.78 is 2.26. The quantitative estimate of drug-likeness (QED) is 0.791. The maximum atomic E-state index is 6.23. The minimum Gasteiger partial charge on any atom is -0.346 e. The Bertz CT molecular complexity index is 538. The third-order valence-corrected chi connectivity index (χ3v) is 4.05. The second kappa shape index (κ2) is 4.35. The summed E-state index contributed by atoms with van der Waals surface area (Å²) in [6.45, 7) is 3.51. The van der Waals surface area contributed by atoms with E-state index in [-0.39, 0.29) is 0 Å². The van der Waals surface area contributed by atoms with Crippen molar-refractivity contribution in [2.75, 3.05) is 13.1 Å². The van der Waals surface area contributed by atoms with E-state index in [9.17, 15) is 0 Å². The molecule has 0 N–H and O–H groups in total. The summed E-state index contributed by atoms with van der Waals surface area (Å²) in [6.07, 6.45) is 2.68. The van der Waals surface area contributed by atoms with Gasteiger partial charge < -0.3 is 4.57 Å². The Balaban J connectivity index is 1.99. The van der Waals surface area contributed by atoms with E-state index in [2.05, 4.69) is 28.6 Å². The summed E-state index contributed by atoms with van der Waals surface area (Å²) in [5.41, 5.74) is 2.58. The number of fused-ring (bicyclic) bond motifs is 1. The Hall–Kier alpha value is -0.990. The van der Waals surface area contributed by atoms with Gasteiger partial charge in [-0.2, -0.15) is 0 Å². The van der Waals surface area contributed by atoms with Gasteiger partial charge in [-0.1, -0.05) is 17.7 Å². The number of likely N-dealkylation sites (tertiary alicyclic amines) is 1. The number of benzene rings is 1. The normalized spacial score (nSPS) is 17.1. The smallest absolute Gasteiger partial charge is 0.0499 e. The molecule has 0 saturated carbocycles. The molecule has 0 atom stereocenters. The van der Waals surface area contributed by atoms with Gasteiger partial charge in [0.25, 0.3) is 0 Å². The lowest BCUT2D eigenvalue weighted by Crippen LogP contribution is -2.19. The van der Waals surface area contributed by atoms with Gasteiger partial charge in [-0.25, -0.2) is 0 Å². The molecule has 1 aliphatic rings. The molecule has 2 aromatic rings. The molecule has 0 amide bonds. The lowest BCUT2D eigenvalue weighted by Gasteiger charge is -2.14. The SMILES string of the molecule is Cn1c(CN2CCCC2)cc2c(Cl)cccc21. The molecule has 2 nitrogen and oxygen atoms in total. The van der Waals surface area contributed by atoms with Crippen molar-refractivity contribution in [3.8, 4) is 0 Å². The Kier molecular flexibility index (Phi) is 2.85. The number of aryl methyl sites for hydroxylation is 1. The predicted molar refractivity (Wildman–Crippen MR) is 72.4 cm³/mol. The van der Waals surface area contributed by atoms with E-state index in [1.165, 1.54) is 42.5 Å². The molecule has 1 aliphatic heterocycles. The van der Waals surface area contributed by atoms with Gasteiger partial charge in [0.15, 0.2) is 0 Å². The highest BCUT2D eigenvalue weighted by Crippen LogP contribution is 2.27. The van der Waals surface area contributed by atoms with E-state index >= 15 is 0 Å². The molecule has 0 unspecified atom stereocenters. The average molecular weight is 249 g/mol. The Morgan fingerprint density at radius 1 is 1.24 bits per heavy atom. The van der Waals surface area contributed by atoms with Crippen molar-refractivity contribution in [2.24, 2.45) is 7.05 Å². The highest BCUT2D eigenvalue weighted by atomic mass is 35.5. The fourth-order valence-corrected chi connectivity index (χ4v) is 2.92. The summed E-state index contributed by atoms with van der Waals surface area (Å²) >= 11 is 6.23. The van der Waals surface area contributed by atoms with Crippen LogP contribution in [0.25, 0.3) is 10.9 Å². The van der Waals surface area contributed by atoms with Crippen molar-refractivity contribution in [1.29, 1.82) is 0 Å². The minimum atomic E-state index is 0.853. The van der Waals surface area contributed by atoms with Crippen molar-refractivity contribution in [3.63, 3.8) is 0 Å². The predicted octanol–water partition coefficient (Wildman–Crippen LogP) is 3.43. The van der Waals surface area contributed by atoms with E-state index in [0.717, 1.165) is 11.6 Å². The molecular formula is C14H17ClN2. The lowest BCUT2D eigenvalue weighted by atomic mass is 10.2. The number of nitrogens with zero attached hydrogens (tertiary/aromatic N) is 2. The van der Waals surface area contributed by atoms with Crippen LogP contribution in [0.1, 0.15) is 18.5 Å². The van der Waals surface area contributed by atoms with Gasteiger partial charge in [0.2, 0.25) is 0 Å². The van der Waals surface area contributed by atoms with Crippen LogP contribution in [0.3, 0.4) is 0 Å². The molecule has 0 aliphatic carbocycles. The minimum absolute atomic E-state index is 0.853. The third kappa shape index (κ3) is 1.96. The van der Waals surface area contributed by atoms with E-state index in [4.69, 9.17) is 11.6 Å². The van der Waals surface area contributed by atoms with Gasteiger partial charge in [-0.05, 0) is 44.1 Å². The molecule has 1 fully saturated rings. The molecule has 1 saturated heterocycles. The summed E-state index contributed by atoms with van der Waals surface area (Å²) in [5, 5.41) is 2.02. The van der Waals surface area contributed by atoms with Crippen LogP contribution in [0, 0.1) is 0 Å². The van der Waals surface area contributed by atoms with Crippen LogP contribution in [0.2, 0.25) is 5.02 Å². The van der Waals surface area contributed by atoms with E-state index in [1.54, 1.807) is 0 Å². The highest BCUT2D eigenvalue weighted by Gasteiger charge is 2.15. The summed E-state index contributed by atoms with van der Waals surface area (Å²) in [7, 11) is 2.13. The molecule has 1 aromatic carbocycles. The molecule has 0 radical (unpaired) electrons. The van der Waals surface area contributed by atoms with Crippen LogP contribution in [0.5, 0.6) is 0 Å². The van der Waals surface area contributed by atoms with Gasteiger partial charge in [-0.15, -0.1) is 0 Å². The van der Waals surface area contributed by atoms with Gasteiger partial charge in [0.1, 0.15) is 0 Å². The molecule has 2 heterocycles. The zero-order valence-corrected chi connectivity index (χ0v) is 10.9. The van der Waals surface area contributed by atoms with Crippen LogP contribution in [0.4, 0.5) is 0 Å². The number of hydrogen-bond acceptors (Lipinski definition) is 1. The van der Waals surface area contributed by atoms with Gasteiger partial charge in [-0.3, -0.25) is 4.90 Å². The fraction of sp³-hybridized carbons (Fsp3) is 0.429. The second-order valence-electron chi connectivity index (χ2n) is 4.85. The van der Waals surface area contributed by atoms with Crippen LogP contribution in [-0.4, -0.2) is 22.6 Å². The Morgan fingerprint density at radius 2 is 2.00 bits per heavy atom. The molecule has 3 heteroatoms. The van der Waals surface area contributed by atoms with E-state index in [0.29, 0.717) is 0 Å². The zero-order chi connectivity index (χ0) is 11.8. The molecule has 0 spiro atoms. The van der Waals surface area contributed by atoms with Crippen molar-refractivity contribution in [3.05, 3.63) is 35.0 Å². The zero-order valence-electron chi connectivity index (χ0n) is 10.1. The number of rotatable bonds is 2. The number of halogens is 1. The van der Waals surface area contributed by atoms with E-state index < -0.39 is 0 Å². The van der Waals surface area contributed by atoms with Crippen molar-refractivity contribution in [1.82, 2.24) is 9.47 Å². The Labute approximate surface area is 107 Å². The summed E-state index contributed by atoms with van der Waals surface area (Å²) in [6, 6.07) is 8.35. The molecule has 17 heavy (non-hydrogen) atoms. The van der Waals surface area contributed by atoms with Crippen LogP contribution in [-0.2, 0) is 13.6 Å². The monoisotopic (exact) mass is 248 g/mol. The van der Waals surface area contributed by atoms with Crippen LogP contribution < -0.4 is 0 Å². The van der Waals surface area contributed by atoms with Gasteiger partial charge >= 0.3 is 0 Å². The van der Waals surface area contributed by atoms with Gasteiger partial charge in [0, 0.05) is 35.2 Å². The largest absolute Gasteiger partial charge is 0.346 e. The van der Waals surface area contributed by atoms with Gasteiger partial charge in [0.05, 0.1) is 0 Å². The molecular weight excluding hydrogens is 232 g/mol. The standard InChI is InChI=1S/C14H17ClN2/c1-16-11(10-17-7-2-3-8-17)9-12-13(15)5-4-6-14(12)16/h4-6,9H,2-3,7-8,10H2,1H3. The molecule has 3 rings (SSSR count). The van der Waals surface area contributed by atoms with Crippen molar-refractivity contribution in [2.45, 2.75) is 19.4 Å². The van der Waals surface area contributed by atoms with Crippen LogP contribution >= 0.6 is 11.6 Å². The molecule has 90 valence electrons. The average Bonchev–Trinajstić information content (AvgIpc) is 2.92. The topological polar surface area (TPSA) is 8.17 Å². The summed E-state index contributed by atoms with van der Waals surface area (Å²) in [5.74, 6) is 0. The number of aromatic nitrogens is 1. The maximum absolute atomic E-state index is 6.23. The third-order valence-electron chi connectivity index (χ3n) is 3.72. The number of hydrogen-bond donors (Lipinski definition) is 0. The summed E-state index contributed by atoms with van der Waals surface area (Å²) in [4.78, 5) is 2.52. The Morgan fingerprint density at radius 3 is 2.71 bits per heavy atom.